The molecule has 0 unspecified atom stereocenters. The number of phenolic OH excluding ortho intramolecular Hbond substituents is 2. The van der Waals surface area contributed by atoms with Crippen molar-refractivity contribution in [3.8, 4) is 34.3 Å². The molecule has 0 bridgehead atoms. The zero-order chi connectivity index (χ0) is 15.0. The van der Waals surface area contributed by atoms with Crippen LogP contribution >= 0.6 is 15.9 Å². The molecular formula is C14H8BrFN2O3. The number of halogens is 2. The summed E-state index contributed by atoms with van der Waals surface area (Å²) in [4.78, 5) is 4.13. The van der Waals surface area contributed by atoms with E-state index >= 15 is 0 Å². The van der Waals surface area contributed by atoms with E-state index in [1.54, 1.807) is 6.07 Å². The maximum Gasteiger partial charge on any atom is 0.262 e. The third-order valence-electron chi connectivity index (χ3n) is 2.85. The Labute approximate surface area is 126 Å². The Balaban J connectivity index is 2.03. The molecule has 0 spiro atoms. The van der Waals surface area contributed by atoms with Crippen LogP contribution < -0.4 is 0 Å². The molecule has 0 aliphatic heterocycles. The summed E-state index contributed by atoms with van der Waals surface area (Å²) in [6.07, 6.45) is 0. The lowest BCUT2D eigenvalue weighted by molar-refractivity contribution is 0.397. The van der Waals surface area contributed by atoms with Crippen molar-refractivity contribution in [2.45, 2.75) is 0 Å². The highest BCUT2D eigenvalue weighted by molar-refractivity contribution is 9.10. The average molecular weight is 351 g/mol. The maximum absolute atomic E-state index is 13.2. The molecular weight excluding hydrogens is 343 g/mol. The number of hydrogen-bond acceptors (Lipinski definition) is 5. The first-order valence-electron chi connectivity index (χ1n) is 5.86. The molecule has 2 aromatic carbocycles. The van der Waals surface area contributed by atoms with E-state index in [1.807, 2.05) is 0 Å². The van der Waals surface area contributed by atoms with Crippen LogP contribution in [0.3, 0.4) is 0 Å². The maximum atomic E-state index is 13.2. The van der Waals surface area contributed by atoms with Gasteiger partial charge in [-0.3, -0.25) is 0 Å². The van der Waals surface area contributed by atoms with Gasteiger partial charge in [0.15, 0.2) is 11.5 Å². The van der Waals surface area contributed by atoms with Crippen LogP contribution in [0.15, 0.2) is 45.4 Å². The molecule has 0 saturated heterocycles. The van der Waals surface area contributed by atoms with Crippen LogP contribution in [0, 0.1) is 5.82 Å². The third-order valence-corrected chi connectivity index (χ3v) is 3.46. The Hall–Kier alpha value is -2.41. The minimum Gasteiger partial charge on any atom is -0.504 e. The summed E-state index contributed by atoms with van der Waals surface area (Å²) in [7, 11) is 0. The van der Waals surface area contributed by atoms with Crippen molar-refractivity contribution in [1.82, 2.24) is 10.1 Å². The van der Waals surface area contributed by atoms with Crippen molar-refractivity contribution in [1.29, 1.82) is 0 Å². The number of phenols is 2. The summed E-state index contributed by atoms with van der Waals surface area (Å²) < 4.78 is 18.6. The summed E-state index contributed by atoms with van der Waals surface area (Å²) in [5.74, 6) is -0.717. The molecule has 0 atom stereocenters. The normalized spacial score (nSPS) is 10.8. The van der Waals surface area contributed by atoms with Crippen LogP contribution in [0.25, 0.3) is 22.8 Å². The highest BCUT2D eigenvalue weighted by atomic mass is 79.9. The standard InChI is InChI=1S/C14H8BrFN2O3/c15-9-6-7(4-5-10(9)16)13-17-14(21-18-13)8-2-1-3-11(19)12(8)20/h1-6,19-20H. The van der Waals surface area contributed by atoms with Gasteiger partial charge in [-0.15, -0.1) is 0 Å². The van der Waals surface area contributed by atoms with Gasteiger partial charge in [0.2, 0.25) is 5.82 Å². The summed E-state index contributed by atoms with van der Waals surface area (Å²) in [5, 5.41) is 23.0. The van der Waals surface area contributed by atoms with Crippen molar-refractivity contribution in [3.63, 3.8) is 0 Å². The first-order chi connectivity index (χ1) is 10.1. The van der Waals surface area contributed by atoms with Crippen molar-refractivity contribution in [3.05, 3.63) is 46.7 Å². The van der Waals surface area contributed by atoms with Crippen LogP contribution in [0.1, 0.15) is 0 Å². The number of rotatable bonds is 2. The number of aromatic nitrogens is 2. The Kier molecular flexibility index (Phi) is 3.34. The van der Waals surface area contributed by atoms with E-state index in [9.17, 15) is 14.6 Å². The lowest BCUT2D eigenvalue weighted by atomic mass is 10.2. The van der Waals surface area contributed by atoms with Crippen molar-refractivity contribution < 1.29 is 19.1 Å². The molecule has 3 rings (SSSR count). The quantitative estimate of drug-likeness (QED) is 0.688. The molecule has 2 N–H and O–H groups in total. The van der Waals surface area contributed by atoms with Crippen LogP contribution in [-0.2, 0) is 0 Å². The highest BCUT2D eigenvalue weighted by Crippen LogP contribution is 2.36. The summed E-state index contributed by atoms with van der Waals surface area (Å²) >= 11 is 3.08. The molecule has 0 fully saturated rings. The summed E-state index contributed by atoms with van der Waals surface area (Å²) in [6, 6.07) is 8.73. The number of nitrogens with zero attached hydrogens (tertiary/aromatic N) is 2. The molecule has 7 heteroatoms. The SMILES string of the molecule is Oc1cccc(-c2nc(-c3ccc(F)c(Br)c3)no2)c1O. The topological polar surface area (TPSA) is 79.4 Å². The van der Waals surface area contributed by atoms with E-state index in [0.717, 1.165) is 0 Å². The van der Waals surface area contributed by atoms with Crippen LogP contribution in [0.4, 0.5) is 4.39 Å². The second-order valence-electron chi connectivity index (χ2n) is 4.23. The lowest BCUT2D eigenvalue weighted by Gasteiger charge is -2.00. The number of hydrogen-bond donors (Lipinski definition) is 2. The predicted molar refractivity (Wildman–Crippen MR) is 76.2 cm³/mol. The van der Waals surface area contributed by atoms with Crippen LogP contribution in [0.5, 0.6) is 11.5 Å². The molecule has 0 amide bonds. The van der Waals surface area contributed by atoms with Crippen molar-refractivity contribution >= 4 is 15.9 Å². The monoisotopic (exact) mass is 350 g/mol. The fourth-order valence-corrected chi connectivity index (χ4v) is 2.17. The lowest BCUT2D eigenvalue weighted by Crippen LogP contribution is -1.84. The third kappa shape index (κ3) is 2.47. The Morgan fingerprint density at radius 1 is 1.14 bits per heavy atom. The molecule has 21 heavy (non-hydrogen) atoms. The van der Waals surface area contributed by atoms with Crippen LogP contribution in [0.2, 0.25) is 0 Å². The van der Waals surface area contributed by atoms with Gasteiger partial charge in [-0.1, -0.05) is 11.2 Å². The van der Waals surface area contributed by atoms with Gasteiger partial charge in [-0.25, -0.2) is 4.39 Å². The zero-order valence-corrected chi connectivity index (χ0v) is 12.0. The molecule has 3 aromatic rings. The minimum absolute atomic E-state index is 0.0545. The molecule has 0 aliphatic rings. The smallest absolute Gasteiger partial charge is 0.262 e. The number of para-hydroxylation sites is 1. The fourth-order valence-electron chi connectivity index (χ4n) is 1.79. The second-order valence-corrected chi connectivity index (χ2v) is 5.08. The molecule has 106 valence electrons. The number of aromatic hydroxyl groups is 2. The highest BCUT2D eigenvalue weighted by Gasteiger charge is 2.16. The molecule has 1 heterocycles. The first-order valence-corrected chi connectivity index (χ1v) is 6.66. The van der Waals surface area contributed by atoms with Gasteiger partial charge in [0.25, 0.3) is 5.89 Å². The van der Waals surface area contributed by atoms with Gasteiger partial charge in [0, 0.05) is 5.56 Å². The predicted octanol–water partition coefficient (Wildman–Crippen LogP) is 3.72. The van der Waals surface area contributed by atoms with Gasteiger partial charge in [-0.2, -0.15) is 4.98 Å². The summed E-state index contributed by atoms with van der Waals surface area (Å²) in [6.45, 7) is 0. The molecule has 0 radical (unpaired) electrons. The second kappa shape index (κ2) is 5.17. The van der Waals surface area contributed by atoms with Crippen LogP contribution in [-0.4, -0.2) is 20.4 Å². The Bertz CT molecular complexity index is 820. The molecule has 5 nitrogen and oxygen atoms in total. The van der Waals surface area contributed by atoms with E-state index in [0.29, 0.717) is 5.56 Å². The van der Waals surface area contributed by atoms with Gasteiger partial charge in [0.1, 0.15) is 5.82 Å². The van der Waals surface area contributed by atoms with Gasteiger partial charge < -0.3 is 14.7 Å². The first kappa shape index (κ1) is 13.6. The minimum atomic E-state index is -0.395. The van der Waals surface area contributed by atoms with Crippen molar-refractivity contribution in [2.24, 2.45) is 0 Å². The Morgan fingerprint density at radius 2 is 1.95 bits per heavy atom. The molecule has 0 saturated carbocycles. The Morgan fingerprint density at radius 3 is 2.71 bits per heavy atom. The molecule has 1 aromatic heterocycles. The summed E-state index contributed by atoms with van der Waals surface area (Å²) in [5.41, 5.74) is 0.771. The average Bonchev–Trinajstić information content (AvgIpc) is 2.94. The van der Waals surface area contributed by atoms with E-state index in [1.165, 1.54) is 30.3 Å². The number of benzene rings is 2. The van der Waals surface area contributed by atoms with Gasteiger partial charge in [0.05, 0.1) is 10.0 Å². The van der Waals surface area contributed by atoms with E-state index in [4.69, 9.17) is 4.52 Å². The van der Waals surface area contributed by atoms with Crippen molar-refractivity contribution in [2.75, 3.05) is 0 Å². The zero-order valence-electron chi connectivity index (χ0n) is 10.4. The molecule has 0 aliphatic carbocycles. The van der Waals surface area contributed by atoms with E-state index in [2.05, 4.69) is 26.1 Å². The largest absolute Gasteiger partial charge is 0.504 e. The van der Waals surface area contributed by atoms with E-state index < -0.39 is 5.82 Å². The van der Waals surface area contributed by atoms with Gasteiger partial charge >= 0.3 is 0 Å². The van der Waals surface area contributed by atoms with Gasteiger partial charge in [-0.05, 0) is 46.3 Å². The van der Waals surface area contributed by atoms with E-state index in [-0.39, 0.29) is 33.3 Å². The fraction of sp³-hybridized carbons (Fsp3) is 0.